The summed E-state index contributed by atoms with van der Waals surface area (Å²) in [4.78, 5) is 24.3. The number of carbonyl (C=O) groups excluding carboxylic acids is 2. The van der Waals surface area contributed by atoms with Gasteiger partial charge in [0.15, 0.2) is 0 Å². The van der Waals surface area contributed by atoms with E-state index in [-0.39, 0.29) is 18.0 Å². The lowest BCUT2D eigenvalue weighted by molar-refractivity contribution is 0.0489. The zero-order valence-electron chi connectivity index (χ0n) is 15.4. The molecule has 0 saturated heterocycles. The lowest BCUT2D eigenvalue weighted by atomic mass is 9.91. The van der Waals surface area contributed by atoms with Gasteiger partial charge in [-0.2, -0.15) is 0 Å². The minimum Gasteiger partial charge on any atom is -0.497 e. The van der Waals surface area contributed by atoms with Gasteiger partial charge in [-0.25, -0.2) is 4.79 Å². The Labute approximate surface area is 149 Å². The van der Waals surface area contributed by atoms with E-state index in [0.29, 0.717) is 12.0 Å². The van der Waals surface area contributed by atoms with Crippen LogP contribution in [0, 0.1) is 0 Å². The number of hydrogen-bond acceptors (Lipinski definition) is 4. The molecule has 1 fully saturated rings. The first-order valence-corrected chi connectivity index (χ1v) is 8.71. The van der Waals surface area contributed by atoms with Crippen molar-refractivity contribution in [2.75, 3.05) is 7.11 Å². The molecule has 2 rings (SSSR count). The molecule has 1 aliphatic rings. The number of ether oxygens (including phenoxy) is 2. The highest BCUT2D eigenvalue weighted by molar-refractivity contribution is 5.94. The molecule has 138 valence electrons. The molecular weight excluding hydrogens is 320 g/mol. The van der Waals surface area contributed by atoms with E-state index in [9.17, 15) is 9.59 Å². The van der Waals surface area contributed by atoms with Gasteiger partial charge >= 0.3 is 6.09 Å². The first kappa shape index (κ1) is 19.1. The fourth-order valence-electron chi connectivity index (χ4n) is 2.94. The number of carbonyl (C=O) groups is 2. The SMILES string of the molecule is COc1ccc(C(=O)N[C@@H]2CCC[C@H](NC(=O)OC(C)(C)C)C2)cc1. The van der Waals surface area contributed by atoms with Crippen molar-refractivity contribution in [1.82, 2.24) is 10.6 Å². The summed E-state index contributed by atoms with van der Waals surface area (Å²) in [6.45, 7) is 5.52. The molecule has 25 heavy (non-hydrogen) atoms. The Kier molecular flexibility index (Phi) is 6.28. The fourth-order valence-corrected chi connectivity index (χ4v) is 2.94. The molecule has 0 aromatic heterocycles. The smallest absolute Gasteiger partial charge is 0.407 e. The monoisotopic (exact) mass is 348 g/mol. The molecule has 0 aliphatic heterocycles. The van der Waals surface area contributed by atoms with Gasteiger partial charge in [0, 0.05) is 17.6 Å². The first-order valence-electron chi connectivity index (χ1n) is 8.71. The van der Waals surface area contributed by atoms with Crippen LogP contribution in [0.15, 0.2) is 24.3 Å². The number of hydrogen-bond donors (Lipinski definition) is 2. The molecule has 2 amide bonds. The zero-order valence-corrected chi connectivity index (χ0v) is 15.4. The second-order valence-electron chi connectivity index (χ2n) is 7.41. The third-order valence-electron chi connectivity index (χ3n) is 4.08. The van der Waals surface area contributed by atoms with Gasteiger partial charge in [0.05, 0.1) is 7.11 Å². The molecule has 0 unspecified atom stereocenters. The lowest BCUT2D eigenvalue weighted by Gasteiger charge is -2.31. The van der Waals surface area contributed by atoms with Crippen molar-refractivity contribution in [1.29, 1.82) is 0 Å². The van der Waals surface area contributed by atoms with Gasteiger partial charge in [-0.05, 0) is 70.7 Å². The fraction of sp³-hybridized carbons (Fsp3) is 0.579. The van der Waals surface area contributed by atoms with Crippen molar-refractivity contribution in [3.8, 4) is 5.75 Å². The van der Waals surface area contributed by atoms with Crippen LogP contribution in [-0.4, -0.2) is 36.8 Å². The maximum Gasteiger partial charge on any atom is 0.407 e. The number of benzene rings is 1. The van der Waals surface area contributed by atoms with Crippen LogP contribution in [-0.2, 0) is 4.74 Å². The van der Waals surface area contributed by atoms with Crippen LogP contribution in [0.4, 0.5) is 4.79 Å². The number of amides is 2. The summed E-state index contributed by atoms with van der Waals surface area (Å²) in [6, 6.07) is 7.08. The minimum atomic E-state index is -0.513. The molecule has 0 radical (unpaired) electrons. The van der Waals surface area contributed by atoms with E-state index in [2.05, 4.69) is 10.6 Å². The summed E-state index contributed by atoms with van der Waals surface area (Å²) in [5.41, 5.74) is 0.0869. The summed E-state index contributed by atoms with van der Waals surface area (Å²) in [5.74, 6) is 0.612. The molecule has 6 nitrogen and oxygen atoms in total. The van der Waals surface area contributed by atoms with Crippen LogP contribution < -0.4 is 15.4 Å². The lowest BCUT2D eigenvalue weighted by Crippen LogP contribution is -2.46. The van der Waals surface area contributed by atoms with Gasteiger partial charge in [0.25, 0.3) is 5.91 Å². The summed E-state index contributed by atoms with van der Waals surface area (Å²) < 4.78 is 10.4. The van der Waals surface area contributed by atoms with E-state index in [4.69, 9.17) is 9.47 Å². The van der Waals surface area contributed by atoms with Gasteiger partial charge in [0.1, 0.15) is 11.4 Å². The van der Waals surface area contributed by atoms with Crippen molar-refractivity contribution in [2.45, 2.75) is 64.1 Å². The van der Waals surface area contributed by atoms with Crippen molar-refractivity contribution in [3.05, 3.63) is 29.8 Å². The maximum absolute atomic E-state index is 12.4. The Morgan fingerprint density at radius 1 is 1.04 bits per heavy atom. The second kappa shape index (κ2) is 8.23. The quantitative estimate of drug-likeness (QED) is 0.875. The Balaban J connectivity index is 1.85. The molecule has 1 aromatic rings. The van der Waals surface area contributed by atoms with Crippen LogP contribution in [0.2, 0.25) is 0 Å². The zero-order chi connectivity index (χ0) is 18.4. The molecule has 2 N–H and O–H groups in total. The van der Waals surface area contributed by atoms with Crippen molar-refractivity contribution in [2.24, 2.45) is 0 Å². The van der Waals surface area contributed by atoms with Crippen LogP contribution in [0.3, 0.4) is 0 Å². The molecule has 1 aromatic carbocycles. The molecule has 0 heterocycles. The second-order valence-corrected chi connectivity index (χ2v) is 7.41. The number of methoxy groups -OCH3 is 1. The highest BCUT2D eigenvalue weighted by atomic mass is 16.6. The van der Waals surface area contributed by atoms with Gasteiger partial charge in [-0.3, -0.25) is 4.79 Å². The molecule has 0 spiro atoms. The van der Waals surface area contributed by atoms with Gasteiger partial charge < -0.3 is 20.1 Å². The highest BCUT2D eigenvalue weighted by Crippen LogP contribution is 2.20. The number of alkyl carbamates (subject to hydrolysis) is 1. The van der Waals surface area contributed by atoms with Crippen molar-refractivity contribution >= 4 is 12.0 Å². The van der Waals surface area contributed by atoms with Crippen molar-refractivity contribution < 1.29 is 19.1 Å². The molecule has 2 atom stereocenters. The van der Waals surface area contributed by atoms with Gasteiger partial charge in [0.2, 0.25) is 0 Å². The van der Waals surface area contributed by atoms with Crippen LogP contribution in [0.5, 0.6) is 5.75 Å². The Morgan fingerprint density at radius 2 is 1.64 bits per heavy atom. The molecular formula is C19H28N2O4. The predicted molar refractivity (Wildman–Crippen MR) is 95.9 cm³/mol. The predicted octanol–water partition coefficient (Wildman–Crippen LogP) is 3.26. The van der Waals surface area contributed by atoms with Crippen LogP contribution >= 0.6 is 0 Å². The van der Waals surface area contributed by atoms with Crippen LogP contribution in [0.25, 0.3) is 0 Å². The van der Waals surface area contributed by atoms with E-state index in [1.807, 2.05) is 20.8 Å². The van der Waals surface area contributed by atoms with Crippen LogP contribution in [0.1, 0.15) is 56.8 Å². The summed E-state index contributed by atoms with van der Waals surface area (Å²) >= 11 is 0. The summed E-state index contributed by atoms with van der Waals surface area (Å²) in [7, 11) is 1.59. The van der Waals surface area contributed by atoms with E-state index < -0.39 is 11.7 Å². The van der Waals surface area contributed by atoms with Gasteiger partial charge in [-0.1, -0.05) is 0 Å². The van der Waals surface area contributed by atoms with Crippen molar-refractivity contribution in [3.63, 3.8) is 0 Å². The Hall–Kier alpha value is -2.24. The number of nitrogens with one attached hydrogen (secondary N) is 2. The van der Waals surface area contributed by atoms with E-state index in [1.165, 1.54) is 0 Å². The average molecular weight is 348 g/mol. The van der Waals surface area contributed by atoms with Gasteiger partial charge in [-0.15, -0.1) is 0 Å². The standard InChI is InChI=1S/C19H28N2O4/c1-19(2,3)25-18(23)21-15-7-5-6-14(12-15)20-17(22)13-8-10-16(24-4)11-9-13/h8-11,14-15H,5-7,12H2,1-4H3,(H,20,22)(H,21,23)/t14-,15+/m1/s1. The van der Waals surface area contributed by atoms with E-state index in [0.717, 1.165) is 25.0 Å². The maximum atomic E-state index is 12.4. The third kappa shape index (κ3) is 6.29. The summed E-state index contributed by atoms with van der Waals surface area (Å²) in [6.07, 6.45) is 3.07. The molecule has 1 saturated carbocycles. The first-order chi connectivity index (χ1) is 11.8. The Morgan fingerprint density at radius 3 is 2.20 bits per heavy atom. The largest absolute Gasteiger partial charge is 0.497 e. The summed E-state index contributed by atoms with van der Waals surface area (Å²) in [5, 5.41) is 5.96. The number of rotatable bonds is 4. The average Bonchev–Trinajstić information content (AvgIpc) is 2.53. The molecule has 1 aliphatic carbocycles. The molecule has 6 heteroatoms. The topological polar surface area (TPSA) is 76.7 Å². The Bertz CT molecular complexity index is 592. The van der Waals surface area contributed by atoms with E-state index in [1.54, 1.807) is 31.4 Å². The van der Waals surface area contributed by atoms with E-state index >= 15 is 0 Å². The minimum absolute atomic E-state index is 0.0183. The third-order valence-corrected chi connectivity index (χ3v) is 4.08. The highest BCUT2D eigenvalue weighted by Gasteiger charge is 2.26. The normalized spacial score (nSPS) is 20.5. The molecule has 0 bridgehead atoms.